The Kier molecular flexibility index (Phi) is 3.23. The average molecular weight is 298 g/mol. The van der Waals surface area contributed by atoms with Crippen molar-refractivity contribution in [3.63, 3.8) is 0 Å². The van der Waals surface area contributed by atoms with Crippen molar-refractivity contribution >= 4 is 5.91 Å². The Bertz CT molecular complexity index is 658. The van der Waals surface area contributed by atoms with Crippen LogP contribution in [-0.2, 0) is 19.0 Å². The zero-order valence-electron chi connectivity index (χ0n) is 10.9. The second-order valence-corrected chi connectivity index (χ2v) is 5.09. The van der Waals surface area contributed by atoms with Crippen molar-refractivity contribution in [1.29, 1.82) is 0 Å². The molecule has 0 bridgehead atoms. The molecule has 0 radical (unpaired) electrons. The Morgan fingerprint density at radius 2 is 2.24 bits per heavy atom. The number of halogens is 3. The normalized spacial score (nSPS) is 18.3. The van der Waals surface area contributed by atoms with E-state index >= 15 is 0 Å². The minimum absolute atomic E-state index is 0.0136. The fraction of sp³-hybridized carbons (Fsp3) is 0.385. The topological polar surface area (TPSA) is 73.6 Å². The first-order valence-electron chi connectivity index (χ1n) is 6.51. The first kappa shape index (κ1) is 13.7. The molecule has 8 heteroatoms. The van der Waals surface area contributed by atoms with Crippen molar-refractivity contribution in [3.8, 4) is 0 Å². The molecule has 2 aromatic heterocycles. The molecule has 2 aromatic rings. The van der Waals surface area contributed by atoms with Crippen LogP contribution in [0, 0.1) is 0 Å². The van der Waals surface area contributed by atoms with E-state index in [1.54, 1.807) is 6.20 Å². The maximum Gasteiger partial charge on any atom is 0.431 e. The Balaban J connectivity index is 1.66. The third-order valence-electron chi connectivity index (χ3n) is 3.60. The largest absolute Gasteiger partial charge is 0.431 e. The predicted octanol–water partition coefficient (Wildman–Crippen LogP) is 2.04. The molecule has 0 aromatic carbocycles. The fourth-order valence-electron chi connectivity index (χ4n) is 2.50. The van der Waals surface area contributed by atoms with Gasteiger partial charge in [-0.1, -0.05) is 0 Å². The lowest BCUT2D eigenvalue weighted by molar-refractivity contribution is -0.140. The molecular formula is C13H13F3N4O. The molecule has 3 rings (SSSR count). The number of H-pyrrole nitrogens is 2. The number of alkyl halides is 3. The van der Waals surface area contributed by atoms with Crippen LogP contribution in [-0.4, -0.2) is 27.1 Å². The lowest BCUT2D eigenvalue weighted by atomic mass is 9.93. The van der Waals surface area contributed by atoms with Crippen LogP contribution in [0.15, 0.2) is 18.5 Å². The molecule has 0 aliphatic heterocycles. The molecule has 0 saturated carbocycles. The van der Waals surface area contributed by atoms with E-state index in [0.29, 0.717) is 6.42 Å². The van der Waals surface area contributed by atoms with Crippen molar-refractivity contribution < 1.29 is 18.0 Å². The number of aromatic amines is 2. The molecule has 5 nitrogen and oxygen atoms in total. The number of aryl methyl sites for hydroxylation is 1. The number of hydrogen-bond acceptors (Lipinski definition) is 2. The van der Waals surface area contributed by atoms with Gasteiger partial charge in [0.15, 0.2) is 0 Å². The molecule has 1 atom stereocenters. The molecule has 1 amide bonds. The first-order chi connectivity index (χ1) is 9.93. The van der Waals surface area contributed by atoms with Crippen LogP contribution in [0.25, 0.3) is 0 Å². The number of hydrogen-bond donors (Lipinski definition) is 3. The summed E-state index contributed by atoms with van der Waals surface area (Å²) in [4.78, 5) is 14.1. The SMILES string of the molecule is O=C(NC1CCc2[nH]ncc2C1)c1c[nH]c(C(F)(F)F)c1. The van der Waals surface area contributed by atoms with Crippen molar-refractivity contribution in [3.05, 3.63) is 41.0 Å². The van der Waals surface area contributed by atoms with Gasteiger partial charge in [-0.15, -0.1) is 0 Å². The molecule has 112 valence electrons. The highest BCUT2D eigenvalue weighted by atomic mass is 19.4. The Morgan fingerprint density at radius 1 is 1.43 bits per heavy atom. The van der Waals surface area contributed by atoms with Gasteiger partial charge in [-0.25, -0.2) is 0 Å². The number of carbonyl (C=O) groups is 1. The van der Waals surface area contributed by atoms with Crippen molar-refractivity contribution in [2.45, 2.75) is 31.5 Å². The predicted molar refractivity (Wildman–Crippen MR) is 67.7 cm³/mol. The number of fused-ring (bicyclic) bond motifs is 1. The molecule has 21 heavy (non-hydrogen) atoms. The number of rotatable bonds is 2. The van der Waals surface area contributed by atoms with Crippen LogP contribution in [0.5, 0.6) is 0 Å². The lowest BCUT2D eigenvalue weighted by Crippen LogP contribution is -2.38. The van der Waals surface area contributed by atoms with E-state index in [1.165, 1.54) is 0 Å². The zero-order chi connectivity index (χ0) is 15.0. The van der Waals surface area contributed by atoms with E-state index in [9.17, 15) is 18.0 Å². The fourth-order valence-corrected chi connectivity index (χ4v) is 2.50. The molecule has 0 saturated heterocycles. The smallest absolute Gasteiger partial charge is 0.357 e. The minimum atomic E-state index is -4.48. The highest BCUT2D eigenvalue weighted by molar-refractivity contribution is 5.94. The van der Waals surface area contributed by atoms with Gasteiger partial charge in [0, 0.05) is 17.9 Å². The molecular weight excluding hydrogens is 285 g/mol. The summed E-state index contributed by atoms with van der Waals surface area (Å²) in [5.41, 5.74) is 1.16. The van der Waals surface area contributed by atoms with E-state index in [0.717, 1.165) is 36.4 Å². The van der Waals surface area contributed by atoms with E-state index in [2.05, 4.69) is 20.5 Å². The summed E-state index contributed by atoms with van der Waals surface area (Å²) >= 11 is 0. The van der Waals surface area contributed by atoms with E-state index < -0.39 is 17.8 Å². The number of nitrogens with one attached hydrogen (secondary N) is 3. The second kappa shape index (κ2) is 4.94. The molecule has 3 N–H and O–H groups in total. The van der Waals surface area contributed by atoms with Gasteiger partial charge in [-0.3, -0.25) is 9.89 Å². The zero-order valence-corrected chi connectivity index (χ0v) is 10.9. The van der Waals surface area contributed by atoms with Crippen LogP contribution in [0.3, 0.4) is 0 Å². The average Bonchev–Trinajstić information content (AvgIpc) is 3.06. The van der Waals surface area contributed by atoms with Gasteiger partial charge >= 0.3 is 6.18 Å². The summed E-state index contributed by atoms with van der Waals surface area (Å²) in [6.07, 6.45) is 0.442. The first-order valence-corrected chi connectivity index (χ1v) is 6.51. The van der Waals surface area contributed by atoms with Crippen molar-refractivity contribution in [2.75, 3.05) is 0 Å². The van der Waals surface area contributed by atoms with E-state index in [-0.39, 0.29) is 11.6 Å². The maximum atomic E-state index is 12.5. The monoisotopic (exact) mass is 298 g/mol. The molecule has 0 fully saturated rings. The Labute approximate surface area is 117 Å². The standard InChI is InChI=1S/C13H13F3N4O/c14-13(15,16)11-4-8(5-17-11)12(21)19-9-1-2-10-7(3-9)6-18-20-10/h4-6,9,17H,1-3H2,(H,18,20)(H,19,21). The summed E-state index contributed by atoms with van der Waals surface area (Å²) in [6.45, 7) is 0. The summed E-state index contributed by atoms with van der Waals surface area (Å²) in [6, 6.07) is 0.730. The Hall–Kier alpha value is -2.25. The Morgan fingerprint density at radius 3 is 2.95 bits per heavy atom. The van der Waals surface area contributed by atoms with E-state index in [1.807, 2.05) is 0 Å². The highest BCUT2D eigenvalue weighted by Crippen LogP contribution is 2.28. The molecule has 1 unspecified atom stereocenters. The number of amides is 1. The number of nitrogens with zero attached hydrogens (tertiary/aromatic N) is 1. The second-order valence-electron chi connectivity index (χ2n) is 5.09. The third-order valence-corrected chi connectivity index (χ3v) is 3.60. The summed E-state index contributed by atoms with van der Waals surface area (Å²) < 4.78 is 37.4. The summed E-state index contributed by atoms with van der Waals surface area (Å²) in [7, 11) is 0. The lowest BCUT2D eigenvalue weighted by Gasteiger charge is -2.22. The molecule has 2 heterocycles. The highest BCUT2D eigenvalue weighted by Gasteiger charge is 2.33. The van der Waals surface area contributed by atoms with Crippen LogP contribution in [0.1, 0.15) is 33.7 Å². The number of aromatic nitrogens is 3. The number of carbonyl (C=O) groups excluding carboxylic acids is 1. The van der Waals surface area contributed by atoms with Crippen molar-refractivity contribution in [2.24, 2.45) is 0 Å². The molecule has 0 spiro atoms. The van der Waals surface area contributed by atoms with Crippen molar-refractivity contribution in [1.82, 2.24) is 20.5 Å². The molecule has 1 aliphatic rings. The van der Waals surface area contributed by atoms with Crippen LogP contribution in [0.4, 0.5) is 13.2 Å². The van der Waals surface area contributed by atoms with Crippen LogP contribution < -0.4 is 5.32 Å². The summed E-state index contributed by atoms with van der Waals surface area (Å²) in [5.74, 6) is -0.501. The van der Waals surface area contributed by atoms with Gasteiger partial charge in [-0.05, 0) is 30.9 Å². The van der Waals surface area contributed by atoms with E-state index in [4.69, 9.17) is 0 Å². The van der Waals surface area contributed by atoms with Gasteiger partial charge < -0.3 is 10.3 Å². The van der Waals surface area contributed by atoms with Gasteiger partial charge in [0.05, 0.1) is 11.8 Å². The minimum Gasteiger partial charge on any atom is -0.357 e. The van der Waals surface area contributed by atoms with Crippen LogP contribution in [0.2, 0.25) is 0 Å². The van der Waals surface area contributed by atoms with Gasteiger partial charge in [0.2, 0.25) is 0 Å². The maximum absolute atomic E-state index is 12.5. The van der Waals surface area contributed by atoms with Gasteiger partial charge in [0.1, 0.15) is 5.69 Å². The summed E-state index contributed by atoms with van der Waals surface area (Å²) in [5, 5.41) is 9.59. The molecule has 1 aliphatic carbocycles. The third kappa shape index (κ3) is 2.79. The van der Waals surface area contributed by atoms with Crippen LogP contribution >= 0.6 is 0 Å². The van der Waals surface area contributed by atoms with Gasteiger partial charge in [0.25, 0.3) is 5.91 Å². The quantitative estimate of drug-likeness (QED) is 0.794. The van der Waals surface area contributed by atoms with Gasteiger partial charge in [-0.2, -0.15) is 18.3 Å².